The van der Waals surface area contributed by atoms with Crippen molar-refractivity contribution in [2.24, 2.45) is 28.6 Å². The van der Waals surface area contributed by atoms with Crippen LogP contribution in [0.2, 0.25) is 0 Å². The van der Waals surface area contributed by atoms with Crippen molar-refractivity contribution in [1.82, 2.24) is 4.57 Å². The van der Waals surface area contributed by atoms with E-state index in [-0.39, 0.29) is 33.6 Å². The molecule has 0 saturated heterocycles. The van der Waals surface area contributed by atoms with Crippen LogP contribution in [0.1, 0.15) is 140 Å². The van der Waals surface area contributed by atoms with Crippen LogP contribution in [0.4, 0.5) is 0 Å². The highest BCUT2D eigenvalue weighted by Crippen LogP contribution is 2.71. The van der Waals surface area contributed by atoms with Crippen molar-refractivity contribution in [3.05, 3.63) is 76.0 Å². The first-order chi connectivity index (χ1) is 24.2. The lowest BCUT2D eigenvalue weighted by molar-refractivity contribution is -0.144. The Morgan fingerprint density at radius 2 is 1.81 bits per heavy atom. The molecule has 3 heterocycles. The Morgan fingerprint density at radius 3 is 2.48 bits per heavy atom. The van der Waals surface area contributed by atoms with Crippen molar-refractivity contribution in [2.45, 2.75) is 136 Å². The number of aliphatic hydroxyl groups is 2. The second-order valence-corrected chi connectivity index (χ2v) is 20.0. The number of Topliss-reactive ketones (excluding diaryl/α,β-unsaturated/α-hetero) is 1. The summed E-state index contributed by atoms with van der Waals surface area (Å²) in [5.41, 5.74) is 6.61. The fourth-order valence-corrected chi connectivity index (χ4v) is 13.4. The van der Waals surface area contributed by atoms with Gasteiger partial charge in [0.15, 0.2) is 5.78 Å². The van der Waals surface area contributed by atoms with Crippen LogP contribution in [-0.2, 0) is 21.4 Å². The molecule has 8 rings (SSSR count). The Bertz CT molecular complexity index is 2060. The highest BCUT2D eigenvalue weighted by atomic mass is 32.2. The van der Waals surface area contributed by atoms with E-state index in [1.807, 2.05) is 32.9 Å². The number of hydrogen-bond acceptors (Lipinski definition) is 6. The van der Waals surface area contributed by atoms with Gasteiger partial charge in [-0.3, -0.25) is 9.59 Å². The van der Waals surface area contributed by atoms with Crippen molar-refractivity contribution >= 4 is 39.1 Å². The molecule has 0 bridgehead atoms. The van der Waals surface area contributed by atoms with E-state index >= 15 is 0 Å². The van der Waals surface area contributed by atoms with Gasteiger partial charge in [0.2, 0.25) is 5.12 Å². The first-order valence-corrected chi connectivity index (χ1v) is 20.5. The van der Waals surface area contributed by atoms with Crippen LogP contribution in [0.15, 0.2) is 48.1 Å². The van der Waals surface area contributed by atoms with Gasteiger partial charge < -0.3 is 19.5 Å². The number of rotatable bonds is 5. The number of ketones is 1. The molecule has 2 aliphatic heterocycles. The predicted octanol–water partition coefficient (Wildman–Crippen LogP) is 9.38. The summed E-state index contributed by atoms with van der Waals surface area (Å²) in [6.45, 7) is 25.7. The maximum atomic E-state index is 14.9. The second kappa shape index (κ2) is 11.4. The van der Waals surface area contributed by atoms with Crippen LogP contribution in [0, 0.1) is 28.6 Å². The number of ether oxygens (including phenoxy) is 1. The molecule has 2 saturated carbocycles. The normalized spacial score (nSPS) is 38.2. The summed E-state index contributed by atoms with van der Waals surface area (Å²) < 4.78 is 8.91. The number of nitrogens with zero attached hydrogens (tertiary/aromatic N) is 1. The lowest BCUT2D eigenvalue weighted by atomic mass is 9.40. The quantitative estimate of drug-likeness (QED) is 0.182. The molecule has 2 N–H and O–H groups in total. The number of allylic oxidation sites excluding steroid dienone is 3. The lowest BCUT2D eigenvalue weighted by Gasteiger charge is -2.64. The highest BCUT2D eigenvalue weighted by molar-refractivity contribution is 8.14. The number of fused-ring (bicyclic) bond motifs is 11. The van der Waals surface area contributed by atoms with Gasteiger partial charge in [-0.05, 0) is 125 Å². The number of carbonyl (C=O) groups is 2. The zero-order chi connectivity index (χ0) is 37.7. The minimum atomic E-state index is -0.849. The molecule has 1 aromatic carbocycles. The lowest BCUT2D eigenvalue weighted by Crippen LogP contribution is -2.62. The minimum Gasteiger partial charge on any atom is -0.392 e. The Morgan fingerprint density at radius 1 is 1.10 bits per heavy atom. The SMILES string of the molecule is C=C(C)[C@H]1C(=O)c2c3c(cc4c5c(n1c24)[C@@]1(C)[C@@H](CC[C@H]2[C@](C)(/C=C/C=C(\C)C(=O)SCC)[C@@H](O)CC[C@@]21C)C5)C1=CC(C)(C)OC(C)(C)[C@H]1[C@@H]3O. The van der Waals surface area contributed by atoms with E-state index in [1.54, 1.807) is 0 Å². The number of aromatic nitrogens is 1. The topological polar surface area (TPSA) is 88.8 Å². The molecular weight excluding hydrogens is 667 g/mol. The smallest absolute Gasteiger partial charge is 0.215 e. The van der Waals surface area contributed by atoms with Gasteiger partial charge in [-0.15, -0.1) is 0 Å². The van der Waals surface area contributed by atoms with Crippen LogP contribution < -0.4 is 0 Å². The standard InChI is InChI=1S/C45H57NO5S/c1-12-52-40(50)24(4)14-13-18-43(9)30-16-15-25-20-28-27-21-26-29-22-41(5,6)51-42(7,8)34(29)37(48)32(26)33-36(27)46(35(23(2)3)38(33)49)39(28)45(25,11)44(30,10)19-17-31(43)47/h13-14,18,21-22,25,30-31,34-35,37,47-48H,2,12,15-17,19-20H2,1,3-11H3/b18-13+,24-14+/t25-,30-,31-,34+,35-,37+,43-,44-,45+/m0/s1. The first kappa shape index (κ1) is 36.3. The molecule has 6 aliphatic rings. The van der Waals surface area contributed by atoms with Gasteiger partial charge in [-0.2, -0.15) is 0 Å². The first-order valence-electron chi connectivity index (χ1n) is 19.5. The minimum absolute atomic E-state index is 0.0396. The molecule has 0 radical (unpaired) electrons. The third-order valence-corrected chi connectivity index (χ3v) is 15.9. The van der Waals surface area contributed by atoms with E-state index < -0.39 is 34.9 Å². The fraction of sp³-hybridized carbons (Fsp3) is 0.600. The van der Waals surface area contributed by atoms with Gasteiger partial charge in [0.05, 0.1) is 34.5 Å². The number of aliphatic hydroxyl groups excluding tert-OH is 2. The van der Waals surface area contributed by atoms with E-state index in [4.69, 9.17) is 4.74 Å². The van der Waals surface area contributed by atoms with Crippen LogP contribution in [0.5, 0.6) is 0 Å². The number of hydrogen-bond donors (Lipinski definition) is 2. The summed E-state index contributed by atoms with van der Waals surface area (Å²) in [5, 5.41) is 25.2. The molecule has 0 amide bonds. The van der Waals surface area contributed by atoms with Gasteiger partial charge in [-0.1, -0.05) is 69.8 Å². The third-order valence-electron chi connectivity index (χ3n) is 15.0. The summed E-state index contributed by atoms with van der Waals surface area (Å²) in [6, 6.07) is 1.79. The summed E-state index contributed by atoms with van der Waals surface area (Å²) in [6.07, 6.45) is 11.5. The van der Waals surface area contributed by atoms with Crippen molar-refractivity contribution in [3.63, 3.8) is 0 Å². The zero-order valence-corrected chi connectivity index (χ0v) is 33.6. The molecular formula is C45H57NO5S. The Kier molecular flexibility index (Phi) is 7.96. The van der Waals surface area contributed by atoms with Crippen molar-refractivity contribution < 1.29 is 24.5 Å². The maximum absolute atomic E-state index is 14.9. The summed E-state index contributed by atoms with van der Waals surface area (Å²) in [7, 11) is 0. The number of thioether (sulfide) groups is 1. The largest absolute Gasteiger partial charge is 0.392 e. The maximum Gasteiger partial charge on any atom is 0.215 e. The van der Waals surface area contributed by atoms with E-state index in [0.717, 1.165) is 70.2 Å². The average molecular weight is 724 g/mol. The van der Waals surface area contributed by atoms with Gasteiger partial charge in [0.1, 0.15) is 6.04 Å². The van der Waals surface area contributed by atoms with Crippen LogP contribution in [0.25, 0.3) is 16.5 Å². The van der Waals surface area contributed by atoms with Crippen LogP contribution in [-0.4, -0.2) is 48.7 Å². The van der Waals surface area contributed by atoms with Crippen molar-refractivity contribution in [1.29, 1.82) is 0 Å². The molecule has 6 nitrogen and oxygen atoms in total. The van der Waals surface area contributed by atoms with E-state index in [9.17, 15) is 19.8 Å². The summed E-state index contributed by atoms with van der Waals surface area (Å²) >= 11 is 1.32. The summed E-state index contributed by atoms with van der Waals surface area (Å²) in [5.74, 6) is 1.11. The molecule has 9 atom stereocenters. The second-order valence-electron chi connectivity index (χ2n) is 18.8. The Balaban J connectivity index is 1.32. The Hall–Kier alpha value is -2.71. The summed E-state index contributed by atoms with van der Waals surface area (Å²) in [4.78, 5) is 27.4. The molecule has 0 unspecified atom stereocenters. The fourth-order valence-electron chi connectivity index (χ4n) is 12.8. The monoisotopic (exact) mass is 723 g/mol. The van der Waals surface area contributed by atoms with Crippen molar-refractivity contribution in [2.75, 3.05) is 5.75 Å². The average Bonchev–Trinajstić information content (AvgIpc) is 3.72. The van der Waals surface area contributed by atoms with E-state index in [2.05, 4.69) is 77.8 Å². The number of carbonyl (C=O) groups excluding carboxylic acids is 2. The highest BCUT2D eigenvalue weighted by Gasteiger charge is 2.67. The van der Waals surface area contributed by atoms with Gasteiger partial charge in [0, 0.05) is 39.0 Å². The molecule has 7 heteroatoms. The molecule has 1 aromatic heterocycles. The molecule has 2 aromatic rings. The number of benzene rings is 1. The van der Waals surface area contributed by atoms with Crippen molar-refractivity contribution in [3.8, 4) is 0 Å². The van der Waals surface area contributed by atoms with Crippen LogP contribution >= 0.6 is 11.8 Å². The Labute approximate surface area is 313 Å². The molecule has 52 heavy (non-hydrogen) atoms. The zero-order valence-electron chi connectivity index (χ0n) is 32.8. The van der Waals surface area contributed by atoms with Gasteiger partial charge in [0.25, 0.3) is 0 Å². The molecule has 0 spiro atoms. The van der Waals surface area contributed by atoms with E-state index in [0.29, 0.717) is 17.9 Å². The predicted molar refractivity (Wildman–Crippen MR) is 211 cm³/mol. The molecule has 278 valence electrons. The van der Waals surface area contributed by atoms with Crippen LogP contribution in [0.3, 0.4) is 0 Å². The van der Waals surface area contributed by atoms with Gasteiger partial charge in [-0.25, -0.2) is 0 Å². The molecule has 2 fully saturated rings. The molecule has 4 aliphatic carbocycles. The van der Waals surface area contributed by atoms with E-state index in [1.165, 1.54) is 23.0 Å². The van der Waals surface area contributed by atoms with Gasteiger partial charge >= 0.3 is 0 Å². The third kappa shape index (κ3) is 4.49.